The highest BCUT2D eigenvalue weighted by molar-refractivity contribution is 6.06. The van der Waals surface area contributed by atoms with Crippen LogP contribution in [0.25, 0.3) is 0 Å². The molecule has 4 rings (SSSR count). The lowest BCUT2D eigenvalue weighted by Crippen LogP contribution is -2.53. The first-order valence-electron chi connectivity index (χ1n) is 9.82. The Kier molecular flexibility index (Phi) is 5.19. The molecule has 8 heteroatoms. The van der Waals surface area contributed by atoms with Crippen LogP contribution in [0, 0.1) is 5.92 Å². The normalized spacial score (nSPS) is 18.2. The van der Waals surface area contributed by atoms with Crippen molar-refractivity contribution >= 4 is 29.0 Å². The van der Waals surface area contributed by atoms with Gasteiger partial charge in [0.2, 0.25) is 5.91 Å². The van der Waals surface area contributed by atoms with Gasteiger partial charge in [0.25, 0.3) is 5.91 Å². The molecular weight excluding hydrogens is 370 g/mol. The summed E-state index contributed by atoms with van der Waals surface area (Å²) >= 11 is 0. The highest BCUT2D eigenvalue weighted by atomic mass is 16.5. The van der Waals surface area contributed by atoms with Gasteiger partial charge in [-0.25, -0.2) is 4.98 Å². The summed E-state index contributed by atoms with van der Waals surface area (Å²) in [5, 5.41) is 5.73. The van der Waals surface area contributed by atoms with Gasteiger partial charge in [0.15, 0.2) is 0 Å². The minimum Gasteiger partial charge on any atom is -0.377 e. The monoisotopic (exact) mass is 395 g/mol. The largest absolute Gasteiger partial charge is 0.377 e. The first-order valence-corrected chi connectivity index (χ1v) is 9.82. The number of nitrogens with zero attached hydrogens (tertiary/aromatic N) is 3. The summed E-state index contributed by atoms with van der Waals surface area (Å²) in [6.07, 6.45) is 6.71. The zero-order chi connectivity index (χ0) is 20.4. The minimum atomic E-state index is -0.283. The summed E-state index contributed by atoms with van der Waals surface area (Å²) in [6, 6.07) is 5.11. The predicted molar refractivity (Wildman–Crippen MR) is 110 cm³/mol. The fourth-order valence-electron chi connectivity index (χ4n) is 3.43. The van der Waals surface area contributed by atoms with Crippen LogP contribution in [0.15, 0.2) is 36.8 Å². The topological polar surface area (TPSA) is 96.4 Å². The van der Waals surface area contributed by atoms with Gasteiger partial charge in [-0.15, -0.1) is 0 Å². The number of aromatic nitrogens is 2. The Bertz CT molecular complexity index is 926. The zero-order valence-electron chi connectivity index (χ0n) is 16.6. The standard InChI is InChI=1S/C21H25N5O3/c1-21(2)13-29-10-9-26(21)17-6-7-22-12-16(17)24-20(28)15-5-8-23-18(11-15)25-19(27)14-3-4-14/h5-8,11-12,14H,3-4,9-10,13H2,1-2H3,(H,24,28)(H,23,25,27). The van der Waals surface area contributed by atoms with Crippen LogP contribution in [-0.2, 0) is 9.53 Å². The summed E-state index contributed by atoms with van der Waals surface area (Å²) in [5.41, 5.74) is 1.75. The number of carbonyl (C=O) groups is 2. The van der Waals surface area contributed by atoms with E-state index in [1.54, 1.807) is 24.5 Å². The van der Waals surface area contributed by atoms with E-state index in [-0.39, 0.29) is 23.3 Å². The third kappa shape index (κ3) is 4.37. The predicted octanol–water partition coefficient (Wildman–Crippen LogP) is 2.69. The number of morpholine rings is 1. The molecule has 0 bridgehead atoms. The Labute approximate surface area is 169 Å². The Morgan fingerprint density at radius 1 is 1.21 bits per heavy atom. The van der Waals surface area contributed by atoms with E-state index in [0.29, 0.717) is 30.3 Å². The number of amides is 2. The van der Waals surface area contributed by atoms with E-state index in [0.717, 1.165) is 25.1 Å². The molecular formula is C21H25N5O3. The van der Waals surface area contributed by atoms with Crippen molar-refractivity contribution < 1.29 is 14.3 Å². The van der Waals surface area contributed by atoms with Gasteiger partial charge < -0.3 is 20.3 Å². The highest BCUT2D eigenvalue weighted by Crippen LogP contribution is 2.33. The summed E-state index contributed by atoms with van der Waals surface area (Å²) in [7, 11) is 0. The smallest absolute Gasteiger partial charge is 0.255 e. The van der Waals surface area contributed by atoms with Crippen LogP contribution in [0.2, 0.25) is 0 Å². The lowest BCUT2D eigenvalue weighted by atomic mass is 10.0. The molecule has 1 saturated carbocycles. The number of hydrogen-bond acceptors (Lipinski definition) is 6. The van der Waals surface area contributed by atoms with Crippen LogP contribution >= 0.6 is 0 Å². The lowest BCUT2D eigenvalue weighted by Gasteiger charge is -2.44. The second kappa shape index (κ2) is 7.79. The fourth-order valence-corrected chi connectivity index (χ4v) is 3.43. The van der Waals surface area contributed by atoms with Crippen LogP contribution in [0.1, 0.15) is 37.0 Å². The van der Waals surface area contributed by atoms with Crippen LogP contribution in [0.4, 0.5) is 17.2 Å². The molecule has 29 heavy (non-hydrogen) atoms. The van der Waals surface area contributed by atoms with Crippen molar-refractivity contribution in [2.24, 2.45) is 5.92 Å². The summed E-state index contributed by atoms with van der Waals surface area (Å²) in [6.45, 7) is 6.18. The molecule has 0 atom stereocenters. The van der Waals surface area contributed by atoms with E-state index >= 15 is 0 Å². The van der Waals surface area contributed by atoms with Crippen molar-refractivity contribution in [3.8, 4) is 0 Å². The minimum absolute atomic E-state index is 0.0425. The Morgan fingerprint density at radius 2 is 2.03 bits per heavy atom. The number of anilines is 3. The number of pyridine rings is 2. The Hall–Kier alpha value is -3.00. The van der Waals surface area contributed by atoms with Gasteiger partial charge in [0, 0.05) is 30.4 Å². The van der Waals surface area contributed by atoms with E-state index in [1.807, 2.05) is 6.07 Å². The average molecular weight is 395 g/mol. The van der Waals surface area contributed by atoms with E-state index in [4.69, 9.17) is 4.74 Å². The maximum atomic E-state index is 12.9. The number of carbonyl (C=O) groups excluding carboxylic acids is 2. The van der Waals surface area contributed by atoms with Crippen molar-refractivity contribution in [2.75, 3.05) is 35.3 Å². The van der Waals surface area contributed by atoms with E-state index < -0.39 is 0 Å². The SMILES string of the molecule is CC1(C)COCCN1c1ccncc1NC(=O)c1ccnc(NC(=O)C2CC2)c1. The number of ether oxygens (including phenoxy) is 1. The van der Waals surface area contributed by atoms with E-state index in [1.165, 1.54) is 6.20 Å². The second-order valence-electron chi connectivity index (χ2n) is 8.06. The molecule has 8 nitrogen and oxygen atoms in total. The quantitative estimate of drug-likeness (QED) is 0.808. The second-order valence-corrected chi connectivity index (χ2v) is 8.06. The van der Waals surface area contributed by atoms with Crippen LogP contribution in [-0.4, -0.2) is 47.1 Å². The molecule has 2 aromatic heterocycles. The molecule has 2 N–H and O–H groups in total. The summed E-state index contributed by atoms with van der Waals surface area (Å²) in [4.78, 5) is 35.4. The van der Waals surface area contributed by atoms with Crippen molar-refractivity contribution in [1.29, 1.82) is 0 Å². The average Bonchev–Trinajstić information content (AvgIpc) is 3.54. The van der Waals surface area contributed by atoms with Gasteiger partial charge in [0.05, 0.1) is 36.3 Å². The van der Waals surface area contributed by atoms with Crippen molar-refractivity contribution in [1.82, 2.24) is 9.97 Å². The number of rotatable bonds is 5. The summed E-state index contributed by atoms with van der Waals surface area (Å²) < 4.78 is 5.61. The molecule has 152 valence electrons. The third-order valence-electron chi connectivity index (χ3n) is 5.20. The molecule has 2 aromatic rings. The van der Waals surface area contributed by atoms with Gasteiger partial charge in [-0.2, -0.15) is 0 Å². The van der Waals surface area contributed by atoms with Crippen LogP contribution in [0.3, 0.4) is 0 Å². The molecule has 0 aromatic carbocycles. The zero-order valence-corrected chi connectivity index (χ0v) is 16.6. The maximum Gasteiger partial charge on any atom is 0.255 e. The number of hydrogen-bond donors (Lipinski definition) is 2. The van der Waals surface area contributed by atoms with E-state index in [2.05, 4.69) is 39.3 Å². The van der Waals surface area contributed by atoms with Gasteiger partial charge in [-0.1, -0.05) is 0 Å². The molecule has 2 fully saturated rings. The molecule has 3 heterocycles. The third-order valence-corrected chi connectivity index (χ3v) is 5.20. The van der Waals surface area contributed by atoms with Gasteiger partial charge >= 0.3 is 0 Å². The van der Waals surface area contributed by atoms with Crippen LogP contribution < -0.4 is 15.5 Å². The highest BCUT2D eigenvalue weighted by Gasteiger charge is 2.32. The van der Waals surface area contributed by atoms with E-state index in [9.17, 15) is 9.59 Å². The molecule has 0 unspecified atom stereocenters. The Morgan fingerprint density at radius 3 is 2.79 bits per heavy atom. The summed E-state index contributed by atoms with van der Waals surface area (Å²) in [5.74, 6) is 0.133. The van der Waals surface area contributed by atoms with Crippen LogP contribution in [0.5, 0.6) is 0 Å². The molecule has 2 amide bonds. The molecule has 1 aliphatic heterocycles. The van der Waals surface area contributed by atoms with Crippen molar-refractivity contribution in [2.45, 2.75) is 32.2 Å². The maximum absolute atomic E-state index is 12.9. The first kappa shape index (κ1) is 19.3. The van der Waals surface area contributed by atoms with Gasteiger partial charge in [-0.05, 0) is 44.9 Å². The molecule has 0 spiro atoms. The van der Waals surface area contributed by atoms with Gasteiger partial charge in [0.1, 0.15) is 5.82 Å². The first-order chi connectivity index (χ1) is 13.9. The molecule has 0 radical (unpaired) electrons. The number of nitrogens with one attached hydrogen (secondary N) is 2. The Balaban J connectivity index is 1.52. The molecule has 1 saturated heterocycles. The van der Waals surface area contributed by atoms with Gasteiger partial charge in [-0.3, -0.25) is 14.6 Å². The van der Waals surface area contributed by atoms with Crippen molar-refractivity contribution in [3.05, 3.63) is 42.4 Å². The lowest BCUT2D eigenvalue weighted by molar-refractivity contribution is -0.117. The fraction of sp³-hybridized carbons (Fsp3) is 0.429. The molecule has 1 aliphatic carbocycles. The molecule has 2 aliphatic rings. The van der Waals surface area contributed by atoms with Crippen molar-refractivity contribution in [3.63, 3.8) is 0 Å².